The summed E-state index contributed by atoms with van der Waals surface area (Å²) in [5.41, 5.74) is 4.99. The number of carbonyl (C=O) groups excluding carboxylic acids is 1. The van der Waals surface area contributed by atoms with Gasteiger partial charge in [0, 0.05) is 47.3 Å². The molecule has 1 atom stereocenters. The molecule has 0 fully saturated rings. The summed E-state index contributed by atoms with van der Waals surface area (Å²) in [4.78, 5) is 36.3. The first kappa shape index (κ1) is 25.7. The van der Waals surface area contributed by atoms with Crippen LogP contribution in [0.1, 0.15) is 51.4 Å². The van der Waals surface area contributed by atoms with Gasteiger partial charge < -0.3 is 5.32 Å². The van der Waals surface area contributed by atoms with Gasteiger partial charge in [-0.1, -0.05) is 42.2 Å². The average molecular weight is 539 g/mol. The normalized spacial score (nSPS) is 11.7. The molecule has 2 aromatic carbocycles. The molecule has 4 aromatic heterocycles. The van der Waals surface area contributed by atoms with E-state index in [0.717, 1.165) is 16.5 Å². The van der Waals surface area contributed by atoms with Crippen molar-refractivity contribution in [2.45, 2.75) is 26.8 Å². The van der Waals surface area contributed by atoms with Crippen LogP contribution < -0.4 is 10.9 Å². The topological polar surface area (TPSA) is 94.2 Å². The summed E-state index contributed by atoms with van der Waals surface area (Å²) < 4.78 is 3.23. The largest absolute Gasteiger partial charge is 0.344 e. The minimum absolute atomic E-state index is 0.216. The molecule has 0 aliphatic heterocycles. The van der Waals surface area contributed by atoms with Crippen LogP contribution in [0.2, 0.25) is 0 Å². The molecule has 41 heavy (non-hydrogen) atoms. The molecule has 6 rings (SSSR count). The number of nitrogens with zero attached hydrogens (tertiary/aromatic N) is 5. The predicted molar refractivity (Wildman–Crippen MR) is 158 cm³/mol. The van der Waals surface area contributed by atoms with Gasteiger partial charge in [-0.2, -0.15) is 5.10 Å². The van der Waals surface area contributed by atoms with Crippen molar-refractivity contribution < 1.29 is 4.79 Å². The highest BCUT2D eigenvalue weighted by molar-refractivity contribution is 6.01. The van der Waals surface area contributed by atoms with Crippen LogP contribution in [0.25, 0.3) is 22.1 Å². The Kier molecular flexibility index (Phi) is 6.62. The number of hydrogen-bond acceptors (Lipinski definition) is 5. The third kappa shape index (κ3) is 4.74. The maximum absolute atomic E-state index is 14.2. The Balaban J connectivity index is 1.48. The highest BCUT2D eigenvalue weighted by Gasteiger charge is 2.23. The predicted octanol–water partition coefficient (Wildman–Crippen LogP) is 4.94. The summed E-state index contributed by atoms with van der Waals surface area (Å²) in [6.07, 6.45) is 6.83. The molecule has 200 valence electrons. The quantitative estimate of drug-likeness (QED) is 0.321. The van der Waals surface area contributed by atoms with Crippen molar-refractivity contribution in [1.29, 1.82) is 0 Å². The van der Waals surface area contributed by atoms with E-state index in [1.807, 2.05) is 74.5 Å². The van der Waals surface area contributed by atoms with Crippen molar-refractivity contribution in [3.63, 3.8) is 0 Å². The maximum Gasteiger partial charge on any atom is 0.264 e. The third-order valence-electron chi connectivity index (χ3n) is 7.05. The molecular weight excluding hydrogens is 512 g/mol. The van der Waals surface area contributed by atoms with E-state index < -0.39 is 6.04 Å². The Morgan fingerprint density at radius 1 is 0.951 bits per heavy atom. The van der Waals surface area contributed by atoms with Gasteiger partial charge in [0.1, 0.15) is 5.56 Å². The Hall–Kier alpha value is -5.55. The summed E-state index contributed by atoms with van der Waals surface area (Å²) >= 11 is 0. The smallest absolute Gasteiger partial charge is 0.264 e. The number of benzene rings is 2. The number of hydrogen-bond donors (Lipinski definition) is 1. The fraction of sp³-hybridized carbons (Fsp3) is 0.121. The van der Waals surface area contributed by atoms with Gasteiger partial charge in [-0.15, -0.1) is 0 Å². The lowest BCUT2D eigenvalue weighted by atomic mass is 10.0. The second kappa shape index (κ2) is 10.5. The number of fused-ring (bicyclic) bond motifs is 2. The van der Waals surface area contributed by atoms with Gasteiger partial charge in [-0.3, -0.25) is 19.1 Å². The number of pyridine rings is 2. The highest BCUT2D eigenvalue weighted by Crippen LogP contribution is 2.24. The van der Waals surface area contributed by atoms with Crippen molar-refractivity contribution in [3.8, 4) is 17.5 Å². The highest BCUT2D eigenvalue weighted by atomic mass is 16.2. The molecule has 0 aliphatic carbocycles. The lowest BCUT2D eigenvalue weighted by Gasteiger charge is -2.21. The average Bonchev–Trinajstić information content (AvgIpc) is 3.32. The van der Waals surface area contributed by atoms with Crippen molar-refractivity contribution in [3.05, 3.63) is 136 Å². The third-order valence-corrected chi connectivity index (χ3v) is 7.05. The lowest BCUT2D eigenvalue weighted by molar-refractivity contribution is 0.0939. The zero-order valence-electron chi connectivity index (χ0n) is 22.8. The van der Waals surface area contributed by atoms with Gasteiger partial charge in [0.15, 0.2) is 5.65 Å². The van der Waals surface area contributed by atoms with Crippen LogP contribution in [-0.4, -0.2) is 30.1 Å². The number of nitrogens with one attached hydrogen (secondary N) is 1. The number of para-hydroxylation sites is 1. The minimum Gasteiger partial charge on any atom is -0.344 e. The number of amides is 1. The first-order chi connectivity index (χ1) is 19.9. The lowest BCUT2D eigenvalue weighted by Crippen LogP contribution is -2.32. The second-order valence-electron chi connectivity index (χ2n) is 9.80. The van der Waals surface area contributed by atoms with Gasteiger partial charge in [0.05, 0.1) is 17.1 Å². The SMILES string of the molecule is Cc1ccncc1C#Cc1cccc2cc([C@@H](C)NC(=O)c3c(C)nn4cccnc34)n(-c3ccccc3)c(=O)c12. The van der Waals surface area contributed by atoms with E-state index in [-0.39, 0.29) is 11.5 Å². The molecule has 1 N–H and O–H groups in total. The molecule has 0 aliphatic rings. The molecule has 4 heterocycles. The van der Waals surface area contributed by atoms with Gasteiger partial charge in [0.25, 0.3) is 11.5 Å². The van der Waals surface area contributed by atoms with Crippen LogP contribution in [0.3, 0.4) is 0 Å². The van der Waals surface area contributed by atoms with E-state index in [4.69, 9.17) is 0 Å². The molecule has 1 amide bonds. The Bertz CT molecular complexity index is 2070. The van der Waals surface area contributed by atoms with E-state index in [0.29, 0.717) is 39.2 Å². The van der Waals surface area contributed by atoms with E-state index in [1.165, 1.54) is 0 Å². The fourth-order valence-corrected chi connectivity index (χ4v) is 4.98. The van der Waals surface area contributed by atoms with Crippen molar-refractivity contribution in [2.24, 2.45) is 0 Å². The Morgan fingerprint density at radius 3 is 2.56 bits per heavy atom. The Labute approximate surface area is 236 Å². The summed E-state index contributed by atoms with van der Waals surface area (Å²) in [6, 6.07) is 20.1. The van der Waals surface area contributed by atoms with E-state index in [9.17, 15) is 9.59 Å². The first-order valence-electron chi connectivity index (χ1n) is 13.2. The molecule has 0 saturated heterocycles. The number of aromatic nitrogens is 5. The first-order valence-corrected chi connectivity index (χ1v) is 13.2. The van der Waals surface area contributed by atoms with Crippen LogP contribution in [0.5, 0.6) is 0 Å². The number of rotatable bonds is 4. The van der Waals surface area contributed by atoms with Gasteiger partial charge in [-0.05, 0) is 68.1 Å². The monoisotopic (exact) mass is 538 g/mol. The summed E-state index contributed by atoms with van der Waals surface area (Å²) in [5.74, 6) is 6.06. The van der Waals surface area contributed by atoms with Crippen molar-refractivity contribution in [2.75, 3.05) is 0 Å². The van der Waals surface area contributed by atoms with Gasteiger partial charge in [-0.25, -0.2) is 9.50 Å². The molecule has 6 aromatic rings. The van der Waals surface area contributed by atoms with Crippen molar-refractivity contribution in [1.82, 2.24) is 29.5 Å². The summed E-state index contributed by atoms with van der Waals surface area (Å²) in [6.45, 7) is 5.62. The van der Waals surface area contributed by atoms with Gasteiger partial charge >= 0.3 is 0 Å². The molecule has 0 spiro atoms. The fourth-order valence-electron chi connectivity index (χ4n) is 4.98. The zero-order valence-corrected chi connectivity index (χ0v) is 22.8. The molecule has 8 heteroatoms. The zero-order chi connectivity index (χ0) is 28.5. The van der Waals surface area contributed by atoms with Crippen molar-refractivity contribution >= 4 is 22.3 Å². The van der Waals surface area contributed by atoms with Crippen LogP contribution in [-0.2, 0) is 0 Å². The van der Waals surface area contributed by atoms with Crippen LogP contribution in [0, 0.1) is 25.7 Å². The second-order valence-corrected chi connectivity index (χ2v) is 9.80. The standard InChI is InChI=1S/C33H26N6O2/c1-21-15-17-34-20-26(21)14-13-24-9-7-10-25-19-28(39(33(41)30(24)25)27-11-5-4-6-12-27)22(2)36-32(40)29-23(3)37-38-18-8-16-35-31(29)38/h4-12,15-20,22H,1-3H3,(H,36,40)/t22-/m1/s1. The van der Waals surface area contributed by atoms with Crippen LogP contribution in [0.4, 0.5) is 0 Å². The minimum atomic E-state index is -0.523. The summed E-state index contributed by atoms with van der Waals surface area (Å²) in [5, 5.41) is 8.73. The summed E-state index contributed by atoms with van der Waals surface area (Å²) in [7, 11) is 0. The van der Waals surface area contributed by atoms with Crippen LogP contribution in [0.15, 0.2) is 96.3 Å². The molecule has 0 unspecified atom stereocenters. The maximum atomic E-state index is 14.2. The molecule has 0 bridgehead atoms. The molecular formula is C33H26N6O2. The molecule has 0 radical (unpaired) electrons. The number of aryl methyl sites for hydroxylation is 2. The molecule has 8 nitrogen and oxygen atoms in total. The number of carbonyl (C=O) groups is 1. The Morgan fingerprint density at radius 2 is 1.76 bits per heavy atom. The molecule has 0 saturated carbocycles. The van der Waals surface area contributed by atoms with Crippen LogP contribution >= 0.6 is 0 Å². The van der Waals surface area contributed by atoms with E-state index in [2.05, 4.69) is 32.2 Å². The van der Waals surface area contributed by atoms with E-state index >= 15 is 0 Å². The van der Waals surface area contributed by atoms with E-state index in [1.54, 1.807) is 46.9 Å². The van der Waals surface area contributed by atoms with Gasteiger partial charge in [0.2, 0.25) is 0 Å².